The maximum atomic E-state index is 9.32. The molecule has 1 aromatic heterocycles. The van der Waals surface area contributed by atoms with Gasteiger partial charge < -0.3 is 10.2 Å². The molecule has 0 bridgehead atoms. The molecule has 0 aliphatic heterocycles. The van der Waals surface area contributed by atoms with E-state index in [4.69, 9.17) is 10.1 Å². The first-order valence-electron chi connectivity index (χ1n) is 7.52. The maximum Gasteiger partial charge on any atom is 0.116 e. The van der Waals surface area contributed by atoms with Crippen LogP contribution in [0.25, 0.3) is 16.7 Å². The molecule has 0 fully saturated rings. The second-order valence-electron chi connectivity index (χ2n) is 5.42. The fraction of sp³-hybridized carbons (Fsp3) is 0.278. The third kappa shape index (κ3) is 2.63. The van der Waals surface area contributed by atoms with Crippen molar-refractivity contribution in [1.82, 2.24) is 9.55 Å². The van der Waals surface area contributed by atoms with Crippen LogP contribution in [-0.4, -0.2) is 33.0 Å². The zero-order chi connectivity index (χ0) is 15.5. The van der Waals surface area contributed by atoms with Gasteiger partial charge in [-0.2, -0.15) is 0 Å². The molecular weight excluding hydrogens is 276 g/mol. The molecule has 0 spiro atoms. The van der Waals surface area contributed by atoms with Gasteiger partial charge in [0.2, 0.25) is 0 Å². The number of hydrogen-bond donors (Lipinski definition) is 2. The summed E-state index contributed by atoms with van der Waals surface area (Å²) < 4.78 is 2.10. The van der Waals surface area contributed by atoms with Gasteiger partial charge in [-0.25, -0.2) is 4.98 Å². The van der Waals surface area contributed by atoms with Gasteiger partial charge in [0.1, 0.15) is 5.82 Å². The van der Waals surface area contributed by atoms with E-state index in [2.05, 4.69) is 10.6 Å². The van der Waals surface area contributed by atoms with E-state index in [1.54, 1.807) is 0 Å². The van der Waals surface area contributed by atoms with Crippen molar-refractivity contribution in [2.24, 2.45) is 0 Å². The largest absolute Gasteiger partial charge is 0.396 e. The van der Waals surface area contributed by atoms with Gasteiger partial charge in [0, 0.05) is 18.7 Å². The number of aromatic nitrogens is 2. The summed E-state index contributed by atoms with van der Waals surface area (Å²) in [5.74, 6) is 0.863. The number of aliphatic hydroxyl groups excluding tert-OH is 2. The second kappa shape index (κ2) is 6.30. The number of benzene rings is 2. The van der Waals surface area contributed by atoms with Crippen LogP contribution >= 0.6 is 0 Å². The van der Waals surface area contributed by atoms with E-state index in [9.17, 15) is 5.11 Å². The number of aliphatic hydroxyl groups is 2. The first-order chi connectivity index (χ1) is 10.7. The minimum absolute atomic E-state index is 0.0744. The van der Waals surface area contributed by atoms with Crippen LogP contribution in [0.3, 0.4) is 0 Å². The second-order valence-corrected chi connectivity index (χ2v) is 5.42. The van der Waals surface area contributed by atoms with Gasteiger partial charge in [0.15, 0.2) is 0 Å². The molecule has 3 aromatic rings. The Labute approximate surface area is 129 Å². The Kier molecular flexibility index (Phi) is 4.22. The molecule has 22 heavy (non-hydrogen) atoms. The molecule has 0 atom stereocenters. The molecule has 0 aliphatic carbocycles. The third-order valence-corrected chi connectivity index (χ3v) is 3.89. The van der Waals surface area contributed by atoms with Crippen LogP contribution in [0.15, 0.2) is 42.5 Å². The average molecular weight is 296 g/mol. The molecule has 2 N–H and O–H groups in total. The van der Waals surface area contributed by atoms with Crippen molar-refractivity contribution < 1.29 is 10.2 Å². The van der Waals surface area contributed by atoms with Gasteiger partial charge in [-0.3, -0.25) is 4.57 Å². The zero-order valence-electron chi connectivity index (χ0n) is 12.7. The molecule has 2 aromatic carbocycles. The van der Waals surface area contributed by atoms with Crippen molar-refractivity contribution in [2.75, 3.05) is 13.2 Å². The molecule has 0 saturated heterocycles. The molecule has 0 radical (unpaired) electrons. The predicted octanol–water partition coefficient (Wildman–Crippen LogP) is 2.40. The molecule has 0 aliphatic rings. The lowest BCUT2D eigenvalue weighted by Crippen LogP contribution is -2.04. The summed E-state index contributed by atoms with van der Waals surface area (Å²) in [5, 5.41) is 18.3. The van der Waals surface area contributed by atoms with Crippen LogP contribution in [0.2, 0.25) is 0 Å². The molecule has 0 amide bonds. The average Bonchev–Trinajstić information content (AvgIpc) is 2.89. The Balaban J connectivity index is 2.15. The van der Waals surface area contributed by atoms with E-state index >= 15 is 0 Å². The molecule has 4 nitrogen and oxygen atoms in total. The Morgan fingerprint density at radius 2 is 1.68 bits per heavy atom. The molecule has 0 saturated carbocycles. The summed E-state index contributed by atoms with van der Waals surface area (Å²) in [4.78, 5) is 4.70. The fourth-order valence-corrected chi connectivity index (χ4v) is 2.78. The Morgan fingerprint density at radius 3 is 2.36 bits per heavy atom. The monoisotopic (exact) mass is 296 g/mol. The van der Waals surface area contributed by atoms with E-state index < -0.39 is 0 Å². The first-order valence-corrected chi connectivity index (χ1v) is 7.52. The number of rotatable bonds is 5. The fourth-order valence-electron chi connectivity index (χ4n) is 2.78. The zero-order valence-corrected chi connectivity index (χ0v) is 12.7. The SMILES string of the molecule is Cc1cccc2c1nc(CCO)n2-c1ccc(CCO)cc1. The highest BCUT2D eigenvalue weighted by atomic mass is 16.3. The van der Waals surface area contributed by atoms with E-state index in [1.807, 2.05) is 43.3 Å². The lowest BCUT2D eigenvalue weighted by atomic mass is 10.1. The van der Waals surface area contributed by atoms with Crippen molar-refractivity contribution in [1.29, 1.82) is 0 Å². The Morgan fingerprint density at radius 1 is 0.955 bits per heavy atom. The number of imidazole rings is 1. The van der Waals surface area contributed by atoms with Gasteiger partial charge >= 0.3 is 0 Å². The minimum Gasteiger partial charge on any atom is -0.396 e. The van der Waals surface area contributed by atoms with Gasteiger partial charge in [0.05, 0.1) is 17.6 Å². The first kappa shape index (κ1) is 14.8. The molecule has 3 rings (SSSR count). The highest BCUT2D eigenvalue weighted by molar-refractivity contribution is 5.81. The molecule has 0 unspecified atom stereocenters. The Hall–Kier alpha value is -2.17. The number of para-hydroxylation sites is 1. The van der Waals surface area contributed by atoms with Crippen molar-refractivity contribution >= 4 is 11.0 Å². The van der Waals surface area contributed by atoms with Gasteiger partial charge in [-0.15, -0.1) is 0 Å². The minimum atomic E-state index is 0.0744. The van der Waals surface area contributed by atoms with Crippen LogP contribution in [0.4, 0.5) is 0 Å². The highest BCUT2D eigenvalue weighted by Crippen LogP contribution is 2.24. The summed E-state index contributed by atoms with van der Waals surface area (Å²) in [6.45, 7) is 2.28. The van der Waals surface area contributed by atoms with Crippen molar-refractivity contribution in [3.05, 3.63) is 59.4 Å². The molecule has 1 heterocycles. The standard InChI is InChI=1S/C18H20N2O2/c1-13-3-2-4-16-18(13)19-17(10-12-22)20(16)15-7-5-14(6-8-15)9-11-21/h2-8,21-22H,9-12H2,1H3. The summed E-state index contributed by atoms with van der Waals surface area (Å²) in [6, 6.07) is 14.2. The van der Waals surface area contributed by atoms with Gasteiger partial charge in [0.25, 0.3) is 0 Å². The summed E-state index contributed by atoms with van der Waals surface area (Å²) in [7, 11) is 0. The van der Waals surface area contributed by atoms with E-state index in [-0.39, 0.29) is 13.2 Å². The predicted molar refractivity (Wildman–Crippen MR) is 87.4 cm³/mol. The number of fused-ring (bicyclic) bond motifs is 1. The van der Waals surface area contributed by atoms with Gasteiger partial charge in [-0.1, -0.05) is 24.3 Å². The quantitative estimate of drug-likeness (QED) is 0.760. The highest BCUT2D eigenvalue weighted by Gasteiger charge is 2.13. The van der Waals surface area contributed by atoms with Crippen molar-refractivity contribution in [3.8, 4) is 5.69 Å². The van der Waals surface area contributed by atoms with Crippen LogP contribution in [0.1, 0.15) is 17.0 Å². The van der Waals surface area contributed by atoms with Crippen LogP contribution in [-0.2, 0) is 12.8 Å². The topological polar surface area (TPSA) is 58.3 Å². The third-order valence-electron chi connectivity index (χ3n) is 3.89. The van der Waals surface area contributed by atoms with Crippen LogP contribution in [0, 0.1) is 6.92 Å². The van der Waals surface area contributed by atoms with Crippen molar-refractivity contribution in [2.45, 2.75) is 19.8 Å². The summed E-state index contributed by atoms with van der Waals surface area (Å²) in [5.41, 5.74) is 5.30. The summed E-state index contributed by atoms with van der Waals surface area (Å²) in [6.07, 6.45) is 1.18. The summed E-state index contributed by atoms with van der Waals surface area (Å²) >= 11 is 0. The lowest BCUT2D eigenvalue weighted by molar-refractivity contribution is 0.296. The number of nitrogens with zero attached hydrogens (tertiary/aromatic N) is 2. The smallest absolute Gasteiger partial charge is 0.116 e. The van der Waals surface area contributed by atoms with Gasteiger partial charge in [-0.05, 0) is 42.7 Å². The van der Waals surface area contributed by atoms with Crippen LogP contribution < -0.4 is 0 Å². The number of aryl methyl sites for hydroxylation is 1. The van der Waals surface area contributed by atoms with Crippen molar-refractivity contribution in [3.63, 3.8) is 0 Å². The Bertz CT molecular complexity index is 776. The number of hydrogen-bond acceptors (Lipinski definition) is 3. The normalized spacial score (nSPS) is 11.2. The van der Waals surface area contributed by atoms with E-state index in [0.29, 0.717) is 12.8 Å². The van der Waals surface area contributed by atoms with Crippen LogP contribution in [0.5, 0.6) is 0 Å². The molecule has 114 valence electrons. The lowest BCUT2D eigenvalue weighted by Gasteiger charge is -2.10. The molecular formula is C18H20N2O2. The van der Waals surface area contributed by atoms with E-state index in [0.717, 1.165) is 33.7 Å². The molecule has 4 heteroatoms. The maximum absolute atomic E-state index is 9.32. The van der Waals surface area contributed by atoms with E-state index in [1.165, 1.54) is 0 Å².